The Hall–Kier alpha value is -6.68. The Morgan fingerprint density at radius 1 is 0.367 bits per heavy atom. The Balaban J connectivity index is 0.000000192. The van der Waals surface area contributed by atoms with E-state index >= 15 is 0 Å². The molecule has 6 saturated heterocycles. The summed E-state index contributed by atoms with van der Waals surface area (Å²) in [7, 11) is -8.35. The van der Waals surface area contributed by atoms with Crippen molar-refractivity contribution >= 4 is 42.9 Å². The second-order valence-corrected chi connectivity index (χ2v) is 33.8. The molecule has 6 aromatic carbocycles. The molecule has 31 heteroatoms. The first-order chi connectivity index (χ1) is 52.1. The van der Waals surface area contributed by atoms with Crippen molar-refractivity contribution in [1.29, 1.82) is 0 Å². The largest absolute Gasteiger partial charge is 0.394 e. The first-order valence-electron chi connectivity index (χ1n) is 36.6. The van der Waals surface area contributed by atoms with Crippen LogP contribution in [0.4, 0.5) is 11.4 Å². The van der Waals surface area contributed by atoms with Crippen LogP contribution in [0.25, 0.3) is 0 Å². The van der Waals surface area contributed by atoms with Gasteiger partial charge in [0.25, 0.3) is 0 Å². The van der Waals surface area contributed by atoms with Crippen molar-refractivity contribution in [3.8, 4) is 0 Å². The molecular weight excluding hydrogens is 1460 g/mol. The number of carbonyl (C=O) groups excluding carboxylic acids is 2. The van der Waals surface area contributed by atoms with Crippen molar-refractivity contribution in [1.82, 2.24) is 0 Å². The van der Waals surface area contributed by atoms with E-state index in [2.05, 4.69) is 12.1 Å². The maximum absolute atomic E-state index is 14.0. The van der Waals surface area contributed by atoms with Crippen molar-refractivity contribution < 1.29 is 131 Å². The zero-order valence-electron chi connectivity index (χ0n) is 59.2. The molecule has 14 rings (SSSR count). The molecule has 6 heterocycles. The lowest BCUT2D eigenvalue weighted by molar-refractivity contribution is -0.341. The topological polar surface area (TPSA) is 468 Å². The van der Waals surface area contributed by atoms with Gasteiger partial charge in [0.05, 0.1) is 76.2 Å². The third-order valence-corrected chi connectivity index (χ3v) is 26.9. The van der Waals surface area contributed by atoms with Crippen molar-refractivity contribution in [2.45, 2.75) is 207 Å². The van der Waals surface area contributed by atoms with Gasteiger partial charge in [-0.25, -0.2) is 16.8 Å². The average Bonchev–Trinajstić information content (AvgIpc) is 0.701. The number of amides is 2. The summed E-state index contributed by atoms with van der Waals surface area (Å²) in [6.07, 6.45) is -28.4. The number of para-hydroxylation sites is 2. The quantitative estimate of drug-likeness (QED) is 0.0455. The number of rotatable bonds is 20. The molecule has 15 N–H and O–H groups in total. The summed E-state index contributed by atoms with van der Waals surface area (Å²) in [6.45, 7) is -3.07. The lowest BCUT2D eigenvalue weighted by atomic mass is 9.56. The molecule has 8 fully saturated rings. The van der Waals surface area contributed by atoms with Gasteiger partial charge in [0.2, 0.25) is 11.8 Å². The maximum Gasteiger partial charge on any atom is 0.236 e. The van der Waals surface area contributed by atoms with E-state index in [0.717, 1.165) is 29.7 Å². The number of β-lactam (4-membered cyclic amide) rings is 2. The fraction of sp³-hybridized carbons (Fsp3) is 0.513. The molecule has 0 aromatic heterocycles. The molecule has 29 nitrogen and oxygen atoms in total. The first-order valence-corrected chi connectivity index (χ1v) is 39.9. The average molecular weight is 1560 g/mol. The molecule has 8 unspecified atom stereocenters. The fourth-order valence-corrected chi connectivity index (χ4v) is 20.1. The molecule has 2 aliphatic carbocycles. The van der Waals surface area contributed by atoms with E-state index in [4.69, 9.17) is 28.4 Å². The maximum atomic E-state index is 14.0. The van der Waals surface area contributed by atoms with Gasteiger partial charge >= 0.3 is 0 Å². The summed E-state index contributed by atoms with van der Waals surface area (Å²) in [5.74, 6) is -1.23. The second kappa shape index (κ2) is 32.8. The third-order valence-electron chi connectivity index (χ3n) is 23.4. The highest BCUT2D eigenvalue weighted by atomic mass is 32.2. The number of hydrogen-bond donors (Lipinski definition) is 15. The van der Waals surface area contributed by atoms with E-state index in [9.17, 15) is 103 Å². The smallest absolute Gasteiger partial charge is 0.236 e. The molecule has 6 aliphatic heterocycles. The predicted octanol–water partition coefficient (Wildman–Crippen LogP) is 0.222. The Bertz CT molecular complexity index is 4270. The molecule has 590 valence electrons. The Morgan fingerprint density at radius 3 is 1.07 bits per heavy atom. The number of anilines is 2. The fourth-order valence-electron chi connectivity index (χ4n) is 17.2. The standard InChI is InChI=1S/C39H47NO14S.C39H47NO13S/c41-19-26-29(43)31(45)33(47)36(53-26)54-34-27(20-42)52-28(30(44)32(34)46)21-55(50,51)25-13-11-22(12-14-25)35-38(37(48)40(35)24-9-5-2-6-10-24)15-17-39(49,18-16-38)23-7-3-1-4-8-23;41-19-27-30(43)32(45)34(47)37(52-27)53-35-28(20-42)51-29(31(44)33(35)46)21-54(49,50)26-13-11-24(12-14-26)36-39(38(48)40(36)25-9-5-2-6-10-25)17-15-23(16-18-39)22-7-3-1-4-8-22/h1-14,26-36,41-47,49H,15-21H2;1-14,23,27-37,41-47H,15-21H2/t26?,27?,28-,29+,30?,31-,32+,33?,34+,35+,36-,38?,39?;23?,27?,28?,29-,30+,31?,32-,33+,34?,35+,36+,37-,39?/m00/s1. The van der Waals surface area contributed by atoms with Crippen LogP contribution in [0.5, 0.6) is 0 Å². The van der Waals surface area contributed by atoms with Gasteiger partial charge in [0, 0.05) is 11.4 Å². The molecular formula is C78H94N2O27S2. The number of nitrogens with zero attached hydrogens (tertiary/aromatic N) is 2. The molecule has 8 aliphatic rings. The summed E-state index contributed by atoms with van der Waals surface area (Å²) in [4.78, 5) is 31.4. The molecule has 2 spiro atoms. The van der Waals surface area contributed by atoms with Crippen molar-refractivity contribution in [3.05, 3.63) is 192 Å². The SMILES string of the molecule is O=C1N(c2ccccc2)[C@H](c2ccc(S(=O)(=O)C[C@@H]3OC(CO)[C@@H](O[C@@H]4OC(CO)[C@@H](O)[C@H](O)C4O)[C@H](O)C3O)cc2)C12CCC(O)(c1ccccc1)CC2.O=C1N(c2ccccc2)[C@H](c2ccc(S(=O)(=O)C[C@@H]3OC(CO)[C@@H](O[C@@H]4OC(CO)[C@@H](O)[C@H](O)C4O)[C@H](O)C3O)cc2)C12CCC(c1ccccc1)CC2. The minimum absolute atomic E-state index is 0.0520. The summed E-state index contributed by atoms with van der Waals surface area (Å²) in [5, 5.41) is 156. The van der Waals surface area contributed by atoms with Gasteiger partial charge in [-0.1, -0.05) is 121 Å². The van der Waals surface area contributed by atoms with Crippen LogP contribution in [0.3, 0.4) is 0 Å². The number of hydrogen-bond acceptors (Lipinski definition) is 27. The van der Waals surface area contributed by atoms with Gasteiger partial charge in [-0.2, -0.15) is 0 Å². The van der Waals surface area contributed by atoms with Crippen LogP contribution in [0, 0.1) is 10.8 Å². The first kappa shape index (κ1) is 80.4. The van der Waals surface area contributed by atoms with Crippen molar-refractivity contribution in [3.63, 3.8) is 0 Å². The zero-order valence-corrected chi connectivity index (χ0v) is 60.8. The number of sulfone groups is 2. The molecule has 0 bridgehead atoms. The minimum Gasteiger partial charge on any atom is -0.394 e. The normalized spacial score (nSPS) is 37.7. The van der Waals surface area contributed by atoms with Crippen LogP contribution >= 0.6 is 0 Å². The van der Waals surface area contributed by atoms with Crippen LogP contribution < -0.4 is 9.80 Å². The summed E-state index contributed by atoms with van der Waals surface area (Å²) < 4.78 is 88.3. The number of aliphatic hydroxyl groups is 15. The van der Waals surface area contributed by atoms with Crippen LogP contribution in [0.2, 0.25) is 0 Å². The van der Waals surface area contributed by atoms with Crippen molar-refractivity contribution in [2.75, 3.05) is 47.7 Å². The van der Waals surface area contributed by atoms with E-state index in [1.807, 2.05) is 109 Å². The summed E-state index contributed by atoms with van der Waals surface area (Å²) >= 11 is 0. The highest BCUT2D eigenvalue weighted by molar-refractivity contribution is 7.91. The van der Waals surface area contributed by atoms with E-state index in [-0.39, 0.29) is 27.6 Å². The Morgan fingerprint density at radius 2 is 0.706 bits per heavy atom. The van der Waals surface area contributed by atoms with E-state index in [0.29, 0.717) is 55.7 Å². The summed E-state index contributed by atoms with van der Waals surface area (Å²) in [6, 6.07) is 49.9. The lowest BCUT2D eigenvalue weighted by Crippen LogP contribution is -2.65. The van der Waals surface area contributed by atoms with Crippen LogP contribution in [-0.4, -0.2) is 266 Å². The Labute approximate surface area is 629 Å². The van der Waals surface area contributed by atoms with E-state index in [1.54, 1.807) is 34.1 Å². The highest BCUT2D eigenvalue weighted by Gasteiger charge is 2.65. The number of ether oxygens (including phenoxy) is 6. The van der Waals surface area contributed by atoms with Crippen molar-refractivity contribution in [2.24, 2.45) is 10.8 Å². The lowest BCUT2D eigenvalue weighted by Gasteiger charge is -2.59. The van der Waals surface area contributed by atoms with Crippen LogP contribution in [0.1, 0.15) is 91.6 Å². The molecule has 109 heavy (non-hydrogen) atoms. The third kappa shape index (κ3) is 15.3. The number of aliphatic hydroxyl groups excluding tert-OH is 14. The van der Waals surface area contributed by atoms with Gasteiger partial charge in [-0.15, -0.1) is 0 Å². The molecule has 2 saturated carbocycles. The van der Waals surface area contributed by atoms with Crippen LogP contribution in [0.15, 0.2) is 180 Å². The number of benzene rings is 6. The zero-order chi connectivity index (χ0) is 77.6. The van der Waals surface area contributed by atoms with Gasteiger partial charge in [0.1, 0.15) is 110 Å². The minimum atomic E-state index is -4.20. The van der Waals surface area contributed by atoms with Gasteiger partial charge in [0.15, 0.2) is 32.3 Å². The molecule has 6 aromatic rings. The predicted molar refractivity (Wildman–Crippen MR) is 384 cm³/mol. The van der Waals surface area contributed by atoms with Gasteiger partial charge in [-0.3, -0.25) is 9.59 Å². The van der Waals surface area contributed by atoms with Gasteiger partial charge < -0.3 is 115 Å². The monoisotopic (exact) mass is 1550 g/mol. The van der Waals surface area contributed by atoms with Gasteiger partial charge in [-0.05, 0) is 128 Å². The Kier molecular flexibility index (Phi) is 24.2. The van der Waals surface area contributed by atoms with E-state index in [1.165, 1.54) is 29.8 Å². The molecule has 0 radical (unpaired) electrons. The summed E-state index contributed by atoms with van der Waals surface area (Å²) in [5.41, 5.74) is 2.46. The van der Waals surface area contributed by atoms with Crippen LogP contribution in [-0.2, 0) is 63.3 Å². The number of carbonyl (C=O) groups is 2. The molecule has 22 atom stereocenters. The second-order valence-electron chi connectivity index (χ2n) is 29.8. The highest BCUT2D eigenvalue weighted by Crippen LogP contribution is 2.63. The molecule has 2 amide bonds. The van der Waals surface area contributed by atoms with E-state index < -0.39 is 203 Å².